The second-order valence-electron chi connectivity index (χ2n) is 6.36. The predicted octanol–water partition coefficient (Wildman–Crippen LogP) is 2.57. The molecule has 2 aromatic carbocycles. The Morgan fingerprint density at radius 3 is 2.69 bits per heavy atom. The molecule has 0 radical (unpaired) electrons. The topological polar surface area (TPSA) is 84.7 Å². The van der Waals surface area contributed by atoms with Gasteiger partial charge in [-0.05, 0) is 43.2 Å². The number of nitrogens with one attached hydrogen (secondary N) is 1. The Bertz CT molecular complexity index is 818. The number of hydrogen-bond acceptors (Lipinski definition) is 4. The molecule has 0 spiro atoms. The zero-order valence-electron chi connectivity index (χ0n) is 15.0. The molecule has 0 fully saturated rings. The summed E-state index contributed by atoms with van der Waals surface area (Å²) in [4.78, 5) is 27.2. The second kappa shape index (κ2) is 7.47. The molecule has 136 valence electrons. The van der Waals surface area contributed by atoms with E-state index in [4.69, 9.17) is 10.5 Å². The van der Waals surface area contributed by atoms with Gasteiger partial charge in [0.15, 0.2) is 6.61 Å². The first-order chi connectivity index (χ1) is 12.5. The molecule has 1 unspecified atom stereocenters. The number of para-hydroxylation sites is 1. The number of carbonyl (C=O) groups excluding carboxylic acids is 2. The highest BCUT2D eigenvalue weighted by Gasteiger charge is 2.33. The third-order valence-electron chi connectivity index (χ3n) is 4.37. The molecule has 6 nitrogen and oxygen atoms in total. The maximum absolute atomic E-state index is 13.4. The average Bonchev–Trinajstić information content (AvgIpc) is 2.80. The molecule has 3 N–H and O–H groups in total. The smallest absolute Gasteiger partial charge is 0.258 e. The van der Waals surface area contributed by atoms with Gasteiger partial charge in [0.2, 0.25) is 0 Å². The summed E-state index contributed by atoms with van der Waals surface area (Å²) >= 11 is 0. The number of amides is 2. The van der Waals surface area contributed by atoms with Crippen LogP contribution in [-0.4, -0.2) is 25.0 Å². The van der Waals surface area contributed by atoms with Crippen LogP contribution < -0.4 is 20.7 Å². The number of aryl methyl sites for hydroxylation is 1. The van der Waals surface area contributed by atoms with Crippen LogP contribution in [0.4, 0.5) is 11.4 Å². The standard InChI is InChI=1S/C20H23N3O3/c1-3-11-23(15-9-7-14(21)8-10-15)20(25)18-16-6-4-5-13(2)19(16)26-12-17(24)22-18/h4-10,18H,3,11-12,21H2,1-2H3,(H,22,24). The number of benzene rings is 2. The lowest BCUT2D eigenvalue weighted by atomic mass is 10.0. The number of nitrogens with zero attached hydrogens (tertiary/aromatic N) is 1. The SMILES string of the molecule is CCCN(C(=O)C1NC(=O)COc2c(C)cccc21)c1ccc(N)cc1. The Labute approximate surface area is 152 Å². The van der Waals surface area contributed by atoms with Gasteiger partial charge in [0, 0.05) is 23.5 Å². The fourth-order valence-corrected chi connectivity index (χ4v) is 3.11. The average molecular weight is 353 g/mol. The van der Waals surface area contributed by atoms with Gasteiger partial charge < -0.3 is 20.7 Å². The molecule has 1 aliphatic heterocycles. The van der Waals surface area contributed by atoms with E-state index >= 15 is 0 Å². The van der Waals surface area contributed by atoms with Gasteiger partial charge in [0.05, 0.1) is 0 Å². The van der Waals surface area contributed by atoms with Crippen molar-refractivity contribution in [3.05, 3.63) is 53.6 Å². The van der Waals surface area contributed by atoms with E-state index in [0.29, 0.717) is 23.5 Å². The van der Waals surface area contributed by atoms with Gasteiger partial charge in [-0.25, -0.2) is 0 Å². The molecule has 6 heteroatoms. The van der Waals surface area contributed by atoms with Crippen LogP contribution in [0.15, 0.2) is 42.5 Å². The van der Waals surface area contributed by atoms with E-state index in [2.05, 4.69) is 5.32 Å². The Morgan fingerprint density at radius 1 is 1.27 bits per heavy atom. The Balaban J connectivity index is 2.01. The van der Waals surface area contributed by atoms with Crippen LogP contribution in [0.3, 0.4) is 0 Å². The van der Waals surface area contributed by atoms with Crippen molar-refractivity contribution in [1.29, 1.82) is 0 Å². The lowest BCUT2D eigenvalue weighted by Crippen LogP contribution is -2.43. The molecular weight excluding hydrogens is 330 g/mol. The number of fused-ring (bicyclic) bond motifs is 1. The molecular formula is C20H23N3O3. The quantitative estimate of drug-likeness (QED) is 0.828. The zero-order valence-corrected chi connectivity index (χ0v) is 15.0. The Hall–Kier alpha value is -3.02. The largest absolute Gasteiger partial charge is 0.483 e. The molecule has 2 aromatic rings. The molecule has 0 saturated heterocycles. The molecule has 1 atom stereocenters. The van der Waals surface area contributed by atoms with Crippen LogP contribution in [-0.2, 0) is 9.59 Å². The van der Waals surface area contributed by atoms with E-state index in [9.17, 15) is 9.59 Å². The molecule has 0 aliphatic carbocycles. The lowest BCUT2D eigenvalue weighted by molar-refractivity contribution is -0.128. The van der Waals surface area contributed by atoms with Gasteiger partial charge in [-0.1, -0.05) is 25.1 Å². The predicted molar refractivity (Wildman–Crippen MR) is 101 cm³/mol. The molecule has 0 saturated carbocycles. The van der Waals surface area contributed by atoms with Crippen molar-refractivity contribution in [2.45, 2.75) is 26.3 Å². The van der Waals surface area contributed by atoms with Crippen molar-refractivity contribution in [2.24, 2.45) is 0 Å². The highest BCUT2D eigenvalue weighted by Crippen LogP contribution is 2.33. The van der Waals surface area contributed by atoms with Crippen molar-refractivity contribution < 1.29 is 14.3 Å². The lowest BCUT2D eigenvalue weighted by Gasteiger charge is -2.27. The Morgan fingerprint density at radius 2 is 2.00 bits per heavy atom. The van der Waals surface area contributed by atoms with Crippen molar-refractivity contribution in [1.82, 2.24) is 5.32 Å². The van der Waals surface area contributed by atoms with Gasteiger partial charge in [0.1, 0.15) is 11.8 Å². The first kappa shape index (κ1) is 17.8. The fourth-order valence-electron chi connectivity index (χ4n) is 3.11. The molecule has 3 rings (SSSR count). The third-order valence-corrected chi connectivity index (χ3v) is 4.37. The summed E-state index contributed by atoms with van der Waals surface area (Å²) in [6, 6.07) is 12.0. The number of carbonyl (C=O) groups is 2. The van der Waals surface area contributed by atoms with Crippen molar-refractivity contribution in [3.63, 3.8) is 0 Å². The summed E-state index contributed by atoms with van der Waals surface area (Å²) in [6.07, 6.45) is 0.786. The van der Waals surface area contributed by atoms with Gasteiger partial charge in [-0.2, -0.15) is 0 Å². The first-order valence-electron chi connectivity index (χ1n) is 8.70. The van der Waals surface area contributed by atoms with Crippen LogP contribution in [0.25, 0.3) is 0 Å². The molecule has 2 amide bonds. The maximum Gasteiger partial charge on any atom is 0.258 e. The van der Waals surface area contributed by atoms with Crippen LogP contribution in [0.5, 0.6) is 5.75 Å². The normalized spacial score (nSPS) is 16.1. The zero-order chi connectivity index (χ0) is 18.7. The van der Waals surface area contributed by atoms with E-state index in [0.717, 1.165) is 17.7 Å². The minimum Gasteiger partial charge on any atom is -0.483 e. The van der Waals surface area contributed by atoms with Gasteiger partial charge in [-0.3, -0.25) is 9.59 Å². The molecule has 0 aromatic heterocycles. The van der Waals surface area contributed by atoms with E-state index in [1.54, 1.807) is 17.0 Å². The maximum atomic E-state index is 13.4. The second-order valence-corrected chi connectivity index (χ2v) is 6.36. The van der Waals surface area contributed by atoms with Crippen LogP contribution in [0.2, 0.25) is 0 Å². The summed E-state index contributed by atoms with van der Waals surface area (Å²) in [5.74, 6) is 0.0907. The van der Waals surface area contributed by atoms with E-state index in [-0.39, 0.29) is 18.4 Å². The third kappa shape index (κ3) is 3.49. The van der Waals surface area contributed by atoms with Gasteiger partial charge >= 0.3 is 0 Å². The molecule has 1 aliphatic rings. The summed E-state index contributed by atoms with van der Waals surface area (Å²) in [5.41, 5.74) is 8.72. The van der Waals surface area contributed by atoms with Crippen LogP contribution in [0, 0.1) is 6.92 Å². The number of hydrogen-bond donors (Lipinski definition) is 2. The number of rotatable bonds is 4. The highest BCUT2D eigenvalue weighted by atomic mass is 16.5. The minimum absolute atomic E-state index is 0.0999. The van der Waals surface area contributed by atoms with E-state index < -0.39 is 6.04 Å². The fraction of sp³-hybridized carbons (Fsp3) is 0.300. The molecule has 0 bridgehead atoms. The van der Waals surface area contributed by atoms with E-state index in [1.165, 1.54) is 0 Å². The van der Waals surface area contributed by atoms with E-state index in [1.807, 2.05) is 44.2 Å². The Kier molecular flexibility index (Phi) is 5.11. The summed E-state index contributed by atoms with van der Waals surface area (Å²) < 4.78 is 5.63. The van der Waals surface area contributed by atoms with Gasteiger partial charge in [0.25, 0.3) is 11.8 Å². The van der Waals surface area contributed by atoms with Crippen molar-refractivity contribution in [3.8, 4) is 5.75 Å². The van der Waals surface area contributed by atoms with Gasteiger partial charge in [-0.15, -0.1) is 0 Å². The summed E-state index contributed by atoms with van der Waals surface area (Å²) in [7, 11) is 0. The monoisotopic (exact) mass is 353 g/mol. The highest BCUT2D eigenvalue weighted by molar-refractivity contribution is 6.00. The molecule has 26 heavy (non-hydrogen) atoms. The van der Waals surface area contributed by atoms with Crippen molar-refractivity contribution in [2.75, 3.05) is 23.8 Å². The number of nitrogen functional groups attached to an aromatic ring is 1. The summed E-state index contributed by atoms with van der Waals surface area (Å²) in [6.45, 7) is 4.35. The number of ether oxygens (including phenoxy) is 1. The minimum atomic E-state index is -0.788. The first-order valence-corrected chi connectivity index (χ1v) is 8.70. The number of anilines is 2. The van der Waals surface area contributed by atoms with Crippen LogP contribution >= 0.6 is 0 Å². The van der Waals surface area contributed by atoms with Crippen molar-refractivity contribution >= 4 is 23.2 Å². The van der Waals surface area contributed by atoms with Crippen LogP contribution in [0.1, 0.15) is 30.5 Å². The number of nitrogens with two attached hydrogens (primary N) is 1. The molecule has 1 heterocycles. The summed E-state index contributed by atoms with van der Waals surface area (Å²) in [5, 5.41) is 2.80.